The van der Waals surface area contributed by atoms with Gasteiger partial charge >= 0.3 is 11.9 Å². The minimum atomic E-state index is -2.03. The van der Waals surface area contributed by atoms with Gasteiger partial charge in [-0.25, -0.2) is 9.50 Å². The number of carbonyl (C=O) groups is 3. The standard InChI is InChI=1S/C32H45N5O8/c1-7-11-24(38)36-27-21-14-15-23(37(21)35-18-34-27)32(17-33)26(39)25(43-19-44-28(40)30(2,3)4)22(45-32)16-42-29(41)31(5,6)20-12-9-8-10-13-20/h14-15,18,20,22,25-26,39H,7-13,16,19H2,1-6H3,(H,34,35,36,38)/t22-,25-,26-,32+/m1/s1. The van der Waals surface area contributed by atoms with Crippen LogP contribution in [-0.4, -0.2) is 69.3 Å². The predicted molar refractivity (Wildman–Crippen MR) is 161 cm³/mol. The molecular formula is C32H45N5O8. The highest BCUT2D eigenvalue weighted by atomic mass is 16.7. The van der Waals surface area contributed by atoms with E-state index in [1.807, 2.05) is 20.8 Å². The first-order chi connectivity index (χ1) is 21.3. The quantitative estimate of drug-likeness (QED) is 0.272. The van der Waals surface area contributed by atoms with E-state index in [1.165, 1.54) is 10.8 Å². The summed E-state index contributed by atoms with van der Waals surface area (Å²) in [6, 6.07) is 5.24. The van der Waals surface area contributed by atoms with Gasteiger partial charge in [0.15, 0.2) is 12.6 Å². The van der Waals surface area contributed by atoms with Crippen molar-refractivity contribution in [1.29, 1.82) is 5.26 Å². The van der Waals surface area contributed by atoms with E-state index < -0.39 is 53.5 Å². The van der Waals surface area contributed by atoms with Gasteiger partial charge in [-0.05, 0) is 71.9 Å². The number of fused-ring (bicyclic) bond motifs is 1. The van der Waals surface area contributed by atoms with Crippen LogP contribution in [0.4, 0.5) is 5.82 Å². The third-order valence-electron chi connectivity index (χ3n) is 8.76. The van der Waals surface area contributed by atoms with Gasteiger partial charge in [0.05, 0.1) is 16.5 Å². The fourth-order valence-corrected chi connectivity index (χ4v) is 5.95. The number of aliphatic hydroxyl groups excluding tert-OH is 1. The molecule has 1 saturated carbocycles. The lowest BCUT2D eigenvalue weighted by molar-refractivity contribution is -0.179. The van der Waals surface area contributed by atoms with E-state index in [1.54, 1.807) is 32.9 Å². The fraction of sp³-hybridized carbons (Fsp3) is 0.688. The molecule has 13 heteroatoms. The Bertz CT molecular complexity index is 1420. The Morgan fingerprint density at radius 1 is 1.13 bits per heavy atom. The number of nitrogens with zero attached hydrogens (tertiary/aromatic N) is 4. The van der Waals surface area contributed by atoms with Crippen LogP contribution in [0, 0.1) is 28.1 Å². The lowest BCUT2D eigenvalue weighted by Gasteiger charge is -2.35. The number of aromatic nitrogens is 3. The van der Waals surface area contributed by atoms with Crippen LogP contribution >= 0.6 is 0 Å². The van der Waals surface area contributed by atoms with Gasteiger partial charge in [0, 0.05) is 6.42 Å². The summed E-state index contributed by atoms with van der Waals surface area (Å²) >= 11 is 0. The highest BCUT2D eigenvalue weighted by Crippen LogP contribution is 2.43. The van der Waals surface area contributed by atoms with E-state index in [-0.39, 0.29) is 29.9 Å². The first-order valence-electron chi connectivity index (χ1n) is 15.6. The van der Waals surface area contributed by atoms with Gasteiger partial charge in [-0.15, -0.1) is 0 Å². The van der Waals surface area contributed by atoms with Crippen LogP contribution in [0.25, 0.3) is 5.52 Å². The number of hydrogen-bond donors (Lipinski definition) is 2. The molecule has 0 radical (unpaired) electrons. The van der Waals surface area contributed by atoms with Gasteiger partial charge in [-0.3, -0.25) is 14.4 Å². The lowest BCUT2D eigenvalue weighted by atomic mass is 9.71. The lowest BCUT2D eigenvalue weighted by Crippen LogP contribution is -2.43. The van der Waals surface area contributed by atoms with Crippen LogP contribution in [0.3, 0.4) is 0 Å². The molecule has 2 aliphatic rings. The number of nitrogens with one attached hydrogen (secondary N) is 1. The van der Waals surface area contributed by atoms with Crippen molar-refractivity contribution >= 4 is 29.2 Å². The molecule has 246 valence electrons. The van der Waals surface area contributed by atoms with E-state index >= 15 is 0 Å². The largest absolute Gasteiger partial charge is 0.462 e. The third kappa shape index (κ3) is 7.13. The zero-order valence-corrected chi connectivity index (χ0v) is 27.0. The second-order valence-electron chi connectivity index (χ2n) is 13.5. The molecule has 0 aromatic carbocycles. The fourth-order valence-electron chi connectivity index (χ4n) is 5.95. The van der Waals surface area contributed by atoms with Gasteiger partial charge in [0.25, 0.3) is 0 Å². The average Bonchev–Trinajstić information content (AvgIpc) is 3.56. The SMILES string of the molecule is CCCC(=O)Nc1ncnn2c([C@]3(C#N)O[C@H](COC(=O)C(C)(C)C4CCCCC4)[C@@H](OCOC(=O)C(C)(C)C)[C@H]3O)ccc12. The molecule has 3 heterocycles. The average molecular weight is 628 g/mol. The van der Waals surface area contributed by atoms with Crippen LogP contribution in [0.5, 0.6) is 0 Å². The van der Waals surface area contributed by atoms with Crippen molar-refractivity contribution in [2.45, 2.75) is 110 Å². The molecule has 1 aliphatic heterocycles. The number of amides is 1. The number of anilines is 1. The molecule has 45 heavy (non-hydrogen) atoms. The van der Waals surface area contributed by atoms with E-state index in [4.69, 9.17) is 18.9 Å². The van der Waals surface area contributed by atoms with E-state index in [0.717, 1.165) is 32.1 Å². The van der Waals surface area contributed by atoms with Crippen molar-refractivity contribution < 1.29 is 38.4 Å². The molecule has 2 aromatic heterocycles. The minimum absolute atomic E-state index is 0.150. The molecular weight excluding hydrogens is 582 g/mol. The Morgan fingerprint density at radius 3 is 2.49 bits per heavy atom. The Balaban J connectivity index is 1.62. The summed E-state index contributed by atoms with van der Waals surface area (Å²) in [5.41, 5.74) is -3.03. The molecule has 0 spiro atoms. The summed E-state index contributed by atoms with van der Waals surface area (Å²) in [6.45, 7) is 9.87. The maximum Gasteiger partial charge on any atom is 0.313 e. The van der Waals surface area contributed by atoms with Crippen molar-refractivity contribution in [1.82, 2.24) is 14.6 Å². The van der Waals surface area contributed by atoms with Gasteiger partial charge in [0.2, 0.25) is 11.5 Å². The van der Waals surface area contributed by atoms with E-state index in [9.17, 15) is 24.8 Å². The number of aliphatic hydroxyl groups is 1. The van der Waals surface area contributed by atoms with E-state index in [0.29, 0.717) is 18.4 Å². The van der Waals surface area contributed by atoms with Crippen molar-refractivity contribution in [2.24, 2.45) is 16.7 Å². The normalized spacial score (nSPS) is 24.3. The smallest absolute Gasteiger partial charge is 0.313 e. The van der Waals surface area contributed by atoms with Crippen LogP contribution in [-0.2, 0) is 38.9 Å². The molecule has 2 N–H and O–H groups in total. The zero-order chi connectivity index (χ0) is 33.0. The highest BCUT2D eigenvalue weighted by molar-refractivity contribution is 5.93. The Labute approximate surface area is 263 Å². The molecule has 0 unspecified atom stereocenters. The maximum absolute atomic E-state index is 13.4. The van der Waals surface area contributed by atoms with Gasteiger partial charge < -0.3 is 29.4 Å². The van der Waals surface area contributed by atoms with Crippen LogP contribution in [0.1, 0.15) is 92.2 Å². The van der Waals surface area contributed by atoms with Crippen molar-refractivity contribution in [2.75, 3.05) is 18.7 Å². The summed E-state index contributed by atoms with van der Waals surface area (Å²) in [5.74, 6) is -0.758. The molecule has 2 aromatic rings. The van der Waals surface area contributed by atoms with Crippen molar-refractivity contribution in [3.8, 4) is 6.07 Å². The zero-order valence-electron chi connectivity index (χ0n) is 27.0. The van der Waals surface area contributed by atoms with Crippen molar-refractivity contribution in [3.63, 3.8) is 0 Å². The summed E-state index contributed by atoms with van der Waals surface area (Å²) < 4.78 is 24.5. The van der Waals surface area contributed by atoms with Gasteiger partial charge in [-0.2, -0.15) is 10.4 Å². The maximum atomic E-state index is 13.4. The van der Waals surface area contributed by atoms with Crippen LogP contribution in [0.2, 0.25) is 0 Å². The molecule has 4 atom stereocenters. The Morgan fingerprint density at radius 2 is 1.84 bits per heavy atom. The molecule has 13 nitrogen and oxygen atoms in total. The number of ether oxygens (including phenoxy) is 4. The topological polar surface area (TPSA) is 174 Å². The summed E-state index contributed by atoms with van der Waals surface area (Å²) in [4.78, 5) is 42.2. The number of rotatable bonds is 11. The number of esters is 2. The predicted octanol–water partition coefficient (Wildman–Crippen LogP) is 4.03. The third-order valence-corrected chi connectivity index (χ3v) is 8.76. The van der Waals surface area contributed by atoms with Crippen LogP contribution in [0.15, 0.2) is 18.5 Å². The number of carbonyl (C=O) groups excluding carboxylic acids is 3. The molecule has 2 fully saturated rings. The second-order valence-corrected chi connectivity index (χ2v) is 13.5. The monoisotopic (exact) mass is 627 g/mol. The molecule has 0 bridgehead atoms. The minimum Gasteiger partial charge on any atom is -0.462 e. The number of nitriles is 1. The van der Waals surface area contributed by atoms with Crippen LogP contribution < -0.4 is 5.32 Å². The first-order valence-corrected chi connectivity index (χ1v) is 15.6. The highest BCUT2D eigenvalue weighted by Gasteiger charge is 2.59. The Hall–Kier alpha value is -3.60. The molecule has 1 saturated heterocycles. The second kappa shape index (κ2) is 13.8. The summed E-state index contributed by atoms with van der Waals surface area (Å²) in [7, 11) is 0. The Kier molecular flexibility index (Phi) is 10.5. The molecule has 1 amide bonds. The molecule has 4 rings (SSSR count). The molecule has 1 aliphatic carbocycles. The van der Waals surface area contributed by atoms with Gasteiger partial charge in [0.1, 0.15) is 42.8 Å². The van der Waals surface area contributed by atoms with E-state index in [2.05, 4.69) is 21.5 Å². The van der Waals surface area contributed by atoms with Crippen molar-refractivity contribution in [3.05, 3.63) is 24.2 Å². The summed E-state index contributed by atoms with van der Waals surface area (Å²) in [6.07, 6.45) is 3.37. The summed E-state index contributed by atoms with van der Waals surface area (Å²) in [5, 5.41) is 29.2. The number of hydrogen-bond acceptors (Lipinski definition) is 11. The first kappa shape index (κ1) is 34.3. The van der Waals surface area contributed by atoms with Gasteiger partial charge in [-0.1, -0.05) is 26.2 Å².